The Bertz CT molecular complexity index is 302. The molecule has 0 heterocycles. The summed E-state index contributed by atoms with van der Waals surface area (Å²) in [5, 5.41) is 0.861. The lowest BCUT2D eigenvalue weighted by molar-refractivity contribution is -0.789. The van der Waals surface area contributed by atoms with E-state index in [0.29, 0.717) is 0 Å². The normalized spacial score (nSPS) is 11.7. The summed E-state index contributed by atoms with van der Waals surface area (Å²) in [5.74, 6) is 0. The molecule has 3 heteroatoms. The van der Waals surface area contributed by atoms with Crippen LogP contribution in [0, 0.1) is 0 Å². The minimum Gasteiger partial charge on any atom is -0.258 e. The summed E-state index contributed by atoms with van der Waals surface area (Å²) in [6, 6.07) is 8.08. The number of nitrogens with zero attached hydrogens (tertiary/aromatic N) is 1. The van der Waals surface area contributed by atoms with Gasteiger partial charge in [-0.2, -0.15) is 0 Å². The molecule has 0 atom stereocenters. The third-order valence-corrected chi connectivity index (χ3v) is 5.01. The van der Waals surface area contributed by atoms with Gasteiger partial charge >= 0.3 is 0 Å². The number of hydrogen-bond donors (Lipinski definition) is 0. The van der Waals surface area contributed by atoms with Crippen LogP contribution in [0.3, 0.4) is 0 Å². The number of halogens is 1. The van der Waals surface area contributed by atoms with E-state index in [4.69, 9.17) is 11.6 Å². The molecule has 1 nitrogen and oxygen atoms in total. The minimum atomic E-state index is 0.861. The zero-order chi connectivity index (χ0) is 11.3. The Balaban J connectivity index is 2.88. The zero-order valence-corrected chi connectivity index (χ0v) is 11.2. The van der Waals surface area contributed by atoms with E-state index in [9.17, 15) is 0 Å². The van der Waals surface area contributed by atoms with Gasteiger partial charge in [0.2, 0.25) is 0 Å². The van der Waals surface area contributed by atoms with Crippen LogP contribution in [-0.4, -0.2) is 23.5 Å². The van der Waals surface area contributed by atoms with Gasteiger partial charge in [-0.1, -0.05) is 23.7 Å². The lowest BCUT2D eigenvalue weighted by Crippen LogP contribution is -2.40. The lowest BCUT2D eigenvalue weighted by Gasteiger charge is -2.32. The quantitative estimate of drug-likeness (QED) is 0.552. The number of hydrogen-bond acceptors (Lipinski definition) is 1. The molecular formula is C12H19ClNS+. The van der Waals surface area contributed by atoms with Crippen molar-refractivity contribution in [3.63, 3.8) is 0 Å². The molecule has 0 unspecified atom stereocenters. The molecule has 84 valence electrons. The third kappa shape index (κ3) is 3.13. The van der Waals surface area contributed by atoms with E-state index in [2.05, 4.69) is 26.8 Å². The fourth-order valence-corrected chi connectivity index (χ4v) is 2.93. The molecule has 0 saturated carbocycles. The highest BCUT2D eigenvalue weighted by Gasteiger charge is 2.24. The van der Waals surface area contributed by atoms with Crippen LogP contribution in [0.25, 0.3) is 0 Å². The largest absolute Gasteiger partial charge is 0.258 e. The van der Waals surface area contributed by atoms with Crippen LogP contribution in [0.5, 0.6) is 0 Å². The molecule has 0 amide bonds. The van der Waals surface area contributed by atoms with Crippen LogP contribution in [0.4, 0.5) is 0 Å². The average Bonchev–Trinajstić information content (AvgIpc) is 2.29. The Morgan fingerprint density at radius 1 is 1.07 bits per heavy atom. The smallest absolute Gasteiger partial charge is 0.113 e. The van der Waals surface area contributed by atoms with Gasteiger partial charge in [-0.25, -0.2) is 0 Å². The first-order valence-corrected chi connectivity index (χ1v) is 6.62. The average molecular weight is 245 g/mol. The Morgan fingerprint density at radius 2 is 1.60 bits per heavy atom. The highest BCUT2D eigenvalue weighted by atomic mass is 35.5. The van der Waals surface area contributed by atoms with Gasteiger partial charge in [-0.15, -0.1) is 0 Å². The van der Waals surface area contributed by atoms with Crippen LogP contribution in [0.15, 0.2) is 29.2 Å². The zero-order valence-electron chi connectivity index (χ0n) is 9.66. The molecule has 1 aromatic rings. The van der Waals surface area contributed by atoms with E-state index in [1.165, 1.54) is 4.90 Å². The van der Waals surface area contributed by atoms with Crippen molar-refractivity contribution in [3.05, 3.63) is 29.3 Å². The summed E-state index contributed by atoms with van der Waals surface area (Å²) in [5.41, 5.74) is 0. The number of rotatable bonds is 5. The van der Waals surface area contributed by atoms with Gasteiger partial charge < -0.3 is 0 Å². The maximum atomic E-state index is 6.17. The van der Waals surface area contributed by atoms with Gasteiger partial charge in [0.1, 0.15) is 11.9 Å². The van der Waals surface area contributed by atoms with Crippen molar-refractivity contribution < 1.29 is 3.89 Å². The van der Waals surface area contributed by atoms with Crippen molar-refractivity contribution in [2.24, 2.45) is 0 Å². The van der Waals surface area contributed by atoms with E-state index >= 15 is 0 Å². The molecule has 15 heavy (non-hydrogen) atoms. The molecule has 0 N–H and O–H groups in total. The van der Waals surface area contributed by atoms with Crippen molar-refractivity contribution >= 4 is 23.5 Å². The van der Waals surface area contributed by atoms with E-state index in [1.807, 2.05) is 30.1 Å². The number of benzene rings is 1. The van der Waals surface area contributed by atoms with Gasteiger partial charge in [0.05, 0.1) is 29.6 Å². The first-order valence-electron chi connectivity index (χ1n) is 5.47. The summed E-state index contributed by atoms with van der Waals surface area (Å²) in [7, 11) is 0. The molecule has 0 aromatic heterocycles. The molecule has 0 bridgehead atoms. The Labute approximate surface area is 102 Å². The molecule has 1 rings (SSSR count). The molecule has 0 aliphatic carbocycles. The van der Waals surface area contributed by atoms with Crippen molar-refractivity contribution in [1.29, 1.82) is 0 Å². The molecule has 0 radical (unpaired) electrons. The van der Waals surface area contributed by atoms with Crippen molar-refractivity contribution in [3.8, 4) is 0 Å². The third-order valence-electron chi connectivity index (χ3n) is 2.86. The Hall–Kier alpha value is -0.180. The summed E-state index contributed by atoms with van der Waals surface area (Å²) in [6.07, 6.45) is 0. The maximum absolute atomic E-state index is 6.17. The molecule has 0 aliphatic heterocycles. The summed E-state index contributed by atoms with van der Waals surface area (Å²) < 4.78 is 1.03. The maximum Gasteiger partial charge on any atom is 0.113 e. The molecule has 0 saturated heterocycles. The molecule has 1 aromatic carbocycles. The topological polar surface area (TPSA) is 0 Å². The Kier molecular flexibility index (Phi) is 4.97. The highest BCUT2D eigenvalue weighted by molar-refractivity contribution is 7.94. The van der Waals surface area contributed by atoms with Gasteiger partial charge in [-0.3, -0.25) is 3.89 Å². The first-order chi connectivity index (χ1) is 7.17. The van der Waals surface area contributed by atoms with Gasteiger partial charge in [0.15, 0.2) is 0 Å². The fourth-order valence-electron chi connectivity index (χ4n) is 1.59. The van der Waals surface area contributed by atoms with E-state index in [0.717, 1.165) is 28.5 Å². The van der Waals surface area contributed by atoms with E-state index in [1.54, 1.807) is 0 Å². The second-order valence-electron chi connectivity index (χ2n) is 3.53. The van der Waals surface area contributed by atoms with Crippen molar-refractivity contribution in [1.82, 2.24) is 0 Å². The first kappa shape index (κ1) is 12.9. The summed E-state index contributed by atoms with van der Waals surface area (Å²) in [6.45, 7) is 10.1. The second kappa shape index (κ2) is 5.78. The fraction of sp³-hybridized carbons (Fsp3) is 0.500. The minimum absolute atomic E-state index is 0.861. The Morgan fingerprint density at radius 3 is 2.07 bits per heavy atom. The summed E-state index contributed by atoms with van der Waals surface area (Å²) in [4.78, 5) is 1.18. The van der Waals surface area contributed by atoms with Gasteiger partial charge in [0.25, 0.3) is 0 Å². The van der Waals surface area contributed by atoms with E-state index in [-0.39, 0.29) is 0 Å². The van der Waals surface area contributed by atoms with E-state index < -0.39 is 0 Å². The lowest BCUT2D eigenvalue weighted by atomic mass is 10.4. The predicted molar refractivity (Wildman–Crippen MR) is 69.2 cm³/mol. The number of quaternary nitrogens is 1. The van der Waals surface area contributed by atoms with Gasteiger partial charge in [0, 0.05) is 0 Å². The standard InChI is InChI=1S/C12H19ClNS/c1-4-14(5-2,6-3)15-12-10-8-7-9-11(12)13/h7-10H,4-6H2,1-3H3/q+1. The molecular weight excluding hydrogens is 226 g/mol. The van der Waals surface area contributed by atoms with Crippen LogP contribution < -0.4 is 0 Å². The van der Waals surface area contributed by atoms with Crippen LogP contribution >= 0.6 is 23.5 Å². The summed E-state index contributed by atoms with van der Waals surface area (Å²) >= 11 is 8.04. The van der Waals surface area contributed by atoms with Crippen LogP contribution in [-0.2, 0) is 0 Å². The van der Waals surface area contributed by atoms with Crippen LogP contribution in [0.2, 0.25) is 5.02 Å². The molecule has 0 spiro atoms. The van der Waals surface area contributed by atoms with Gasteiger partial charge in [-0.05, 0) is 32.9 Å². The second-order valence-corrected chi connectivity index (χ2v) is 5.33. The predicted octanol–water partition coefficient (Wildman–Crippen LogP) is 4.22. The monoisotopic (exact) mass is 244 g/mol. The molecule has 0 aliphatic rings. The highest BCUT2D eigenvalue weighted by Crippen LogP contribution is 2.34. The molecule has 0 fully saturated rings. The van der Waals surface area contributed by atoms with Crippen molar-refractivity contribution in [2.75, 3.05) is 19.6 Å². The van der Waals surface area contributed by atoms with Crippen LogP contribution in [0.1, 0.15) is 20.8 Å². The SMILES string of the molecule is CC[N+](CC)(CC)Sc1ccccc1Cl. The van der Waals surface area contributed by atoms with Crippen molar-refractivity contribution in [2.45, 2.75) is 25.7 Å².